The summed E-state index contributed by atoms with van der Waals surface area (Å²) in [5, 5.41) is 10.7. The van der Waals surface area contributed by atoms with Crippen molar-refractivity contribution < 1.29 is 45.1 Å². The van der Waals surface area contributed by atoms with Crippen LogP contribution in [0.15, 0.2) is 23.1 Å². The van der Waals surface area contributed by atoms with E-state index in [2.05, 4.69) is 4.18 Å². The molecular weight excluding hydrogens is 369 g/mol. The van der Waals surface area contributed by atoms with Crippen LogP contribution < -0.4 is 4.74 Å². The molecule has 0 radical (unpaired) electrons. The Morgan fingerprint density at radius 2 is 2.08 bits per heavy atom. The lowest BCUT2D eigenvalue weighted by molar-refractivity contribution is -0.271. The van der Waals surface area contributed by atoms with Crippen LogP contribution in [0.1, 0.15) is 25.3 Å². The summed E-state index contributed by atoms with van der Waals surface area (Å²) in [6.07, 6.45) is -5.74. The first-order valence-electron chi connectivity index (χ1n) is 7.14. The first-order valence-corrected chi connectivity index (χ1v) is 8.55. The van der Waals surface area contributed by atoms with Gasteiger partial charge in [-0.2, -0.15) is 12.6 Å². The van der Waals surface area contributed by atoms with E-state index in [4.69, 9.17) is 9.47 Å². The van der Waals surface area contributed by atoms with Crippen molar-refractivity contribution >= 4 is 16.1 Å². The first kappa shape index (κ1) is 19.5. The van der Waals surface area contributed by atoms with Gasteiger partial charge in [0.25, 0.3) is 0 Å². The van der Waals surface area contributed by atoms with Gasteiger partial charge in [-0.15, -0.1) is 13.2 Å². The fraction of sp³-hybridized carbons (Fsp3) is 0.500. The van der Waals surface area contributed by atoms with Gasteiger partial charge in [-0.3, -0.25) is 4.79 Å². The number of ether oxygens (including phenoxy) is 2. The third-order valence-electron chi connectivity index (χ3n) is 3.46. The largest absolute Gasteiger partial charge is 0.537 e. The van der Waals surface area contributed by atoms with E-state index in [1.807, 2.05) is 0 Å². The van der Waals surface area contributed by atoms with Crippen molar-refractivity contribution in [3.05, 3.63) is 23.8 Å². The van der Waals surface area contributed by atoms with Crippen molar-refractivity contribution in [3.8, 4) is 5.75 Å². The Balaban J connectivity index is 2.35. The number of alkyl halides is 3. The number of fused-ring (bicyclic) bond motifs is 1. The summed E-state index contributed by atoms with van der Waals surface area (Å²) in [7, 11) is -5.10. The fourth-order valence-electron chi connectivity index (χ4n) is 2.43. The minimum Gasteiger partial charge on any atom is -0.493 e. The van der Waals surface area contributed by atoms with Gasteiger partial charge in [0.2, 0.25) is 0 Å². The SMILES string of the molecule is CCOC(=O)CC1(O)CCOc2cc(S(=O)(=O)OC(F)(F)F)ccc21. The molecule has 0 bridgehead atoms. The van der Waals surface area contributed by atoms with Crippen LogP contribution in [0.25, 0.3) is 0 Å². The molecule has 1 aliphatic rings. The van der Waals surface area contributed by atoms with E-state index >= 15 is 0 Å². The lowest BCUT2D eigenvalue weighted by atomic mass is 9.85. The Kier molecular flexibility index (Phi) is 5.30. The van der Waals surface area contributed by atoms with Crippen LogP contribution in [0, 0.1) is 0 Å². The summed E-state index contributed by atoms with van der Waals surface area (Å²) in [6.45, 7) is 1.65. The quantitative estimate of drug-likeness (QED) is 0.611. The molecule has 0 saturated carbocycles. The fourth-order valence-corrected chi connectivity index (χ4v) is 3.26. The Bertz CT molecular complexity index is 760. The Morgan fingerprint density at radius 1 is 1.40 bits per heavy atom. The highest BCUT2D eigenvalue weighted by molar-refractivity contribution is 7.86. The maximum Gasteiger partial charge on any atom is 0.537 e. The Hall–Kier alpha value is -1.85. The number of benzene rings is 1. The Morgan fingerprint density at radius 3 is 2.68 bits per heavy atom. The second-order valence-electron chi connectivity index (χ2n) is 5.25. The van der Waals surface area contributed by atoms with Crippen LogP contribution in [0.4, 0.5) is 13.2 Å². The molecule has 1 atom stereocenters. The van der Waals surface area contributed by atoms with Gasteiger partial charge in [0.1, 0.15) is 11.4 Å². The molecule has 0 saturated heterocycles. The summed E-state index contributed by atoms with van der Waals surface area (Å²) in [5.74, 6) is -0.820. The molecular formula is C14H15F3O7S. The van der Waals surface area contributed by atoms with E-state index in [9.17, 15) is 31.5 Å². The molecule has 1 unspecified atom stereocenters. The molecule has 1 heterocycles. The van der Waals surface area contributed by atoms with Crippen molar-refractivity contribution in [3.63, 3.8) is 0 Å². The summed E-state index contributed by atoms with van der Waals surface area (Å²) in [4.78, 5) is 10.9. The van der Waals surface area contributed by atoms with Crippen molar-refractivity contribution in [1.82, 2.24) is 0 Å². The zero-order chi connectivity index (χ0) is 18.9. The van der Waals surface area contributed by atoms with Gasteiger partial charge in [-0.1, -0.05) is 6.07 Å². The van der Waals surface area contributed by atoms with Crippen LogP contribution in [-0.2, 0) is 29.4 Å². The van der Waals surface area contributed by atoms with Gasteiger partial charge in [0.15, 0.2) is 0 Å². The number of aliphatic hydroxyl groups is 1. The summed E-state index contributed by atoms with van der Waals surface area (Å²) < 4.78 is 72.9. The highest BCUT2D eigenvalue weighted by Crippen LogP contribution is 2.41. The second-order valence-corrected chi connectivity index (χ2v) is 6.80. The van der Waals surface area contributed by atoms with Crippen molar-refractivity contribution in [2.24, 2.45) is 0 Å². The van der Waals surface area contributed by atoms with Gasteiger partial charge in [-0.05, 0) is 13.0 Å². The predicted octanol–water partition coefficient (Wildman–Crippen LogP) is 1.83. The maximum absolute atomic E-state index is 12.2. The number of carbonyl (C=O) groups is 1. The number of hydrogen-bond acceptors (Lipinski definition) is 7. The minimum atomic E-state index is -5.37. The molecule has 1 aromatic carbocycles. The van der Waals surface area contributed by atoms with E-state index in [-0.39, 0.29) is 30.9 Å². The second kappa shape index (κ2) is 6.81. The maximum atomic E-state index is 12.2. The van der Waals surface area contributed by atoms with Crippen molar-refractivity contribution in [1.29, 1.82) is 0 Å². The topological polar surface area (TPSA) is 99.1 Å². The molecule has 0 fully saturated rings. The molecule has 140 valence electrons. The monoisotopic (exact) mass is 384 g/mol. The molecule has 1 aromatic rings. The third-order valence-corrected chi connectivity index (χ3v) is 4.70. The third kappa shape index (κ3) is 4.61. The number of hydrogen-bond donors (Lipinski definition) is 1. The minimum absolute atomic E-state index is 0.0317. The number of halogens is 3. The van der Waals surface area contributed by atoms with Crippen LogP contribution in [0.5, 0.6) is 5.75 Å². The zero-order valence-electron chi connectivity index (χ0n) is 13.0. The lowest BCUT2D eigenvalue weighted by Gasteiger charge is -2.33. The molecule has 1 N–H and O–H groups in total. The van der Waals surface area contributed by atoms with Gasteiger partial charge in [0, 0.05) is 18.1 Å². The highest BCUT2D eigenvalue weighted by Gasteiger charge is 2.41. The summed E-state index contributed by atoms with van der Waals surface area (Å²) in [5.41, 5.74) is -1.59. The molecule has 1 aliphatic heterocycles. The lowest BCUT2D eigenvalue weighted by Crippen LogP contribution is -2.35. The summed E-state index contributed by atoms with van der Waals surface area (Å²) in [6, 6.07) is 2.73. The molecule has 11 heteroatoms. The summed E-state index contributed by atoms with van der Waals surface area (Å²) >= 11 is 0. The molecule has 0 aliphatic carbocycles. The average Bonchev–Trinajstić information content (AvgIpc) is 2.44. The average molecular weight is 384 g/mol. The number of esters is 1. The molecule has 0 amide bonds. The van der Waals surface area contributed by atoms with Gasteiger partial charge in [-0.25, -0.2) is 0 Å². The van der Waals surface area contributed by atoms with Crippen LogP contribution in [0.2, 0.25) is 0 Å². The van der Waals surface area contributed by atoms with E-state index in [1.165, 1.54) is 0 Å². The molecule has 7 nitrogen and oxygen atoms in total. The van der Waals surface area contributed by atoms with E-state index in [1.54, 1.807) is 6.92 Å². The Labute approximate surface area is 141 Å². The molecule has 0 spiro atoms. The zero-order valence-corrected chi connectivity index (χ0v) is 13.8. The van der Waals surface area contributed by atoms with Gasteiger partial charge in [0.05, 0.1) is 24.5 Å². The van der Waals surface area contributed by atoms with Crippen molar-refractivity contribution in [2.75, 3.05) is 13.2 Å². The molecule has 25 heavy (non-hydrogen) atoms. The smallest absolute Gasteiger partial charge is 0.493 e. The van der Waals surface area contributed by atoms with E-state index in [0.717, 1.165) is 18.2 Å². The highest BCUT2D eigenvalue weighted by atomic mass is 32.2. The molecule has 2 rings (SSSR count). The molecule has 0 aromatic heterocycles. The van der Waals surface area contributed by atoms with Crippen molar-refractivity contribution in [2.45, 2.75) is 36.6 Å². The van der Waals surface area contributed by atoms with Crippen LogP contribution in [0.3, 0.4) is 0 Å². The standard InChI is InChI=1S/C14H15F3O7S/c1-2-22-12(18)8-13(19)5-6-23-11-7-9(3-4-10(11)13)25(20,21)24-14(15,16)17/h3-4,7,19H,2,5-6,8H2,1H3. The van der Waals surface area contributed by atoms with Gasteiger partial charge < -0.3 is 14.6 Å². The number of carbonyl (C=O) groups excluding carboxylic acids is 1. The normalized spacial score (nSPS) is 20.5. The van der Waals surface area contributed by atoms with Crippen LogP contribution >= 0.6 is 0 Å². The van der Waals surface area contributed by atoms with E-state index in [0.29, 0.717) is 0 Å². The number of rotatable bonds is 5. The predicted molar refractivity (Wildman–Crippen MR) is 76.0 cm³/mol. The van der Waals surface area contributed by atoms with Gasteiger partial charge >= 0.3 is 22.4 Å². The van der Waals surface area contributed by atoms with Crippen LogP contribution in [-0.4, -0.2) is 39.1 Å². The van der Waals surface area contributed by atoms with E-state index < -0.39 is 39.4 Å². The first-order chi connectivity index (χ1) is 11.5.